The van der Waals surface area contributed by atoms with Crippen LogP contribution in [-0.2, 0) is 6.54 Å². The van der Waals surface area contributed by atoms with Crippen LogP contribution in [0.1, 0.15) is 20.8 Å². The van der Waals surface area contributed by atoms with Gasteiger partial charge in [0.25, 0.3) is 5.91 Å². The van der Waals surface area contributed by atoms with Gasteiger partial charge in [0.2, 0.25) is 0 Å². The Labute approximate surface area is 117 Å². The number of benzene rings is 1. The van der Waals surface area contributed by atoms with Crippen molar-refractivity contribution in [3.8, 4) is 0 Å². The lowest BCUT2D eigenvalue weighted by molar-refractivity contribution is 0.0947. The zero-order chi connectivity index (χ0) is 13.1. The first kappa shape index (κ1) is 13.2. The molecule has 0 fully saturated rings. The van der Waals surface area contributed by atoms with E-state index < -0.39 is 11.7 Å². The molecule has 2 nitrogen and oxygen atoms in total. The summed E-state index contributed by atoms with van der Waals surface area (Å²) in [6.45, 7) is 2.41. The Morgan fingerprint density at radius 3 is 2.89 bits per heavy atom. The number of aryl methyl sites for hydroxylation is 1. The maximum absolute atomic E-state index is 13.7. The van der Waals surface area contributed by atoms with Gasteiger partial charge in [0.05, 0.1) is 16.6 Å². The van der Waals surface area contributed by atoms with Crippen molar-refractivity contribution in [1.29, 1.82) is 0 Å². The first-order valence-electron chi connectivity index (χ1n) is 5.35. The van der Waals surface area contributed by atoms with E-state index in [1.807, 2.05) is 18.4 Å². The van der Waals surface area contributed by atoms with E-state index in [0.29, 0.717) is 11.0 Å². The number of halogens is 2. The van der Waals surface area contributed by atoms with E-state index in [-0.39, 0.29) is 5.56 Å². The van der Waals surface area contributed by atoms with Crippen molar-refractivity contribution in [1.82, 2.24) is 5.32 Å². The average Bonchev–Trinajstić information content (AvgIpc) is 2.75. The number of hydrogen-bond donors (Lipinski definition) is 1. The Kier molecular flexibility index (Phi) is 4.14. The lowest BCUT2D eigenvalue weighted by Gasteiger charge is -2.06. The van der Waals surface area contributed by atoms with Gasteiger partial charge in [-0.25, -0.2) is 4.39 Å². The van der Waals surface area contributed by atoms with Gasteiger partial charge in [-0.1, -0.05) is 6.07 Å². The van der Waals surface area contributed by atoms with Crippen LogP contribution in [0.2, 0.25) is 0 Å². The Morgan fingerprint density at radius 1 is 1.44 bits per heavy atom. The maximum Gasteiger partial charge on any atom is 0.254 e. The summed E-state index contributed by atoms with van der Waals surface area (Å²) in [4.78, 5) is 12.9. The lowest BCUT2D eigenvalue weighted by Crippen LogP contribution is -2.23. The van der Waals surface area contributed by atoms with Gasteiger partial charge < -0.3 is 5.32 Å². The van der Waals surface area contributed by atoms with Crippen LogP contribution in [-0.4, -0.2) is 5.91 Å². The van der Waals surface area contributed by atoms with Gasteiger partial charge in [-0.05, 0) is 52.0 Å². The maximum atomic E-state index is 13.7. The number of carbonyl (C=O) groups is 1. The molecular weight excluding hydrogens is 317 g/mol. The minimum atomic E-state index is -0.530. The fourth-order valence-corrected chi connectivity index (χ4v) is 2.73. The fourth-order valence-electron chi connectivity index (χ4n) is 1.52. The summed E-state index contributed by atoms with van der Waals surface area (Å²) in [5.41, 5.74) is 1.19. The summed E-state index contributed by atoms with van der Waals surface area (Å²) < 4.78 is 14.0. The molecule has 18 heavy (non-hydrogen) atoms. The van der Waals surface area contributed by atoms with Gasteiger partial charge in [0, 0.05) is 4.88 Å². The molecule has 0 bridgehead atoms. The molecule has 94 valence electrons. The summed E-state index contributed by atoms with van der Waals surface area (Å²) in [6, 6.07) is 6.66. The standard InChI is InChI=1S/C13H11BrFNOS/c1-8-5-6-18-11(8)7-16-13(17)9-3-2-4-10(14)12(9)15/h2-6H,7H2,1H3,(H,16,17). The molecule has 0 unspecified atom stereocenters. The molecule has 2 rings (SSSR count). The molecule has 0 aliphatic heterocycles. The van der Waals surface area contributed by atoms with Crippen LogP contribution in [0.25, 0.3) is 0 Å². The van der Waals surface area contributed by atoms with Gasteiger partial charge in [0.1, 0.15) is 5.82 Å². The zero-order valence-electron chi connectivity index (χ0n) is 9.67. The Balaban J connectivity index is 2.09. The molecule has 1 N–H and O–H groups in total. The van der Waals surface area contributed by atoms with E-state index in [2.05, 4.69) is 21.2 Å². The van der Waals surface area contributed by atoms with Crippen LogP contribution in [0, 0.1) is 12.7 Å². The summed E-state index contributed by atoms with van der Waals surface area (Å²) in [6.07, 6.45) is 0. The summed E-state index contributed by atoms with van der Waals surface area (Å²) in [5, 5.41) is 4.69. The highest BCUT2D eigenvalue weighted by molar-refractivity contribution is 9.10. The van der Waals surface area contributed by atoms with Crippen LogP contribution in [0.5, 0.6) is 0 Å². The molecule has 1 aromatic carbocycles. The molecule has 0 aliphatic rings. The minimum Gasteiger partial charge on any atom is -0.347 e. The first-order valence-corrected chi connectivity index (χ1v) is 7.02. The molecule has 0 atom stereocenters. The third-order valence-electron chi connectivity index (χ3n) is 2.57. The largest absolute Gasteiger partial charge is 0.347 e. The minimum absolute atomic E-state index is 0.0542. The molecule has 1 heterocycles. The Hall–Kier alpha value is -1.20. The third kappa shape index (κ3) is 2.79. The number of carbonyl (C=O) groups excluding carboxylic acids is 1. The number of hydrogen-bond acceptors (Lipinski definition) is 2. The molecule has 0 radical (unpaired) electrons. The van der Waals surface area contributed by atoms with Crippen molar-refractivity contribution in [3.05, 3.63) is 55.9 Å². The number of thiophene rings is 1. The SMILES string of the molecule is Cc1ccsc1CNC(=O)c1cccc(Br)c1F. The van der Waals surface area contributed by atoms with Crippen molar-refractivity contribution in [3.63, 3.8) is 0 Å². The third-order valence-corrected chi connectivity index (χ3v) is 4.21. The lowest BCUT2D eigenvalue weighted by atomic mass is 10.2. The van der Waals surface area contributed by atoms with Gasteiger partial charge in [-0.3, -0.25) is 4.79 Å². The van der Waals surface area contributed by atoms with Crippen LogP contribution in [0.4, 0.5) is 4.39 Å². The number of amides is 1. The van der Waals surface area contributed by atoms with E-state index in [4.69, 9.17) is 0 Å². The molecule has 2 aromatic rings. The second kappa shape index (κ2) is 5.63. The van der Waals surface area contributed by atoms with Crippen molar-refractivity contribution in [2.24, 2.45) is 0 Å². The van der Waals surface area contributed by atoms with Crippen molar-refractivity contribution >= 4 is 33.2 Å². The second-order valence-electron chi connectivity index (χ2n) is 3.81. The molecule has 1 aromatic heterocycles. The number of rotatable bonds is 3. The Morgan fingerprint density at radius 2 is 2.22 bits per heavy atom. The van der Waals surface area contributed by atoms with E-state index in [0.717, 1.165) is 10.4 Å². The van der Waals surface area contributed by atoms with Crippen LogP contribution < -0.4 is 5.32 Å². The molecule has 0 saturated heterocycles. The Bertz CT molecular complexity index is 582. The van der Waals surface area contributed by atoms with Crippen LogP contribution in [0.15, 0.2) is 34.1 Å². The summed E-state index contributed by atoms with van der Waals surface area (Å²) >= 11 is 4.64. The predicted molar refractivity (Wildman–Crippen MR) is 74.3 cm³/mol. The van der Waals surface area contributed by atoms with E-state index in [1.54, 1.807) is 23.5 Å². The van der Waals surface area contributed by atoms with Gasteiger partial charge in [-0.15, -0.1) is 11.3 Å². The van der Waals surface area contributed by atoms with Gasteiger partial charge >= 0.3 is 0 Å². The second-order valence-corrected chi connectivity index (χ2v) is 5.67. The first-order chi connectivity index (χ1) is 8.59. The molecule has 1 amide bonds. The average molecular weight is 328 g/mol. The number of nitrogens with one attached hydrogen (secondary N) is 1. The highest BCUT2D eigenvalue weighted by atomic mass is 79.9. The van der Waals surface area contributed by atoms with Gasteiger partial charge in [0.15, 0.2) is 0 Å². The quantitative estimate of drug-likeness (QED) is 0.910. The fraction of sp³-hybridized carbons (Fsp3) is 0.154. The normalized spacial score (nSPS) is 10.4. The predicted octanol–water partition coefficient (Wildman–Crippen LogP) is 3.89. The highest BCUT2D eigenvalue weighted by Crippen LogP contribution is 2.19. The molecular formula is C13H11BrFNOS. The molecule has 0 saturated carbocycles. The monoisotopic (exact) mass is 327 g/mol. The van der Waals surface area contributed by atoms with E-state index >= 15 is 0 Å². The zero-order valence-corrected chi connectivity index (χ0v) is 12.1. The molecule has 0 spiro atoms. The van der Waals surface area contributed by atoms with Crippen molar-refractivity contribution in [2.45, 2.75) is 13.5 Å². The van der Waals surface area contributed by atoms with Crippen molar-refractivity contribution < 1.29 is 9.18 Å². The smallest absolute Gasteiger partial charge is 0.254 e. The van der Waals surface area contributed by atoms with Gasteiger partial charge in [-0.2, -0.15) is 0 Å². The van der Waals surface area contributed by atoms with E-state index in [1.165, 1.54) is 6.07 Å². The summed E-state index contributed by atoms with van der Waals surface area (Å²) in [7, 11) is 0. The van der Waals surface area contributed by atoms with E-state index in [9.17, 15) is 9.18 Å². The van der Waals surface area contributed by atoms with Crippen LogP contribution in [0.3, 0.4) is 0 Å². The molecule has 5 heteroatoms. The molecule has 0 aliphatic carbocycles. The van der Waals surface area contributed by atoms with Crippen LogP contribution >= 0.6 is 27.3 Å². The summed E-state index contributed by atoms with van der Waals surface area (Å²) in [5.74, 6) is -0.931. The van der Waals surface area contributed by atoms with Crippen molar-refractivity contribution in [2.75, 3.05) is 0 Å². The highest BCUT2D eigenvalue weighted by Gasteiger charge is 2.13. The topological polar surface area (TPSA) is 29.1 Å².